The second-order valence-corrected chi connectivity index (χ2v) is 13.9. The molecular formula is C31H49N5O8S. The first-order valence-electron chi connectivity index (χ1n) is 15.5. The number of urea groups is 1. The van der Waals surface area contributed by atoms with Crippen LogP contribution in [0.1, 0.15) is 75.7 Å². The van der Waals surface area contributed by atoms with Gasteiger partial charge in [-0.15, -0.1) is 0 Å². The summed E-state index contributed by atoms with van der Waals surface area (Å²) in [7, 11) is -2.37. The lowest BCUT2D eigenvalue weighted by Gasteiger charge is -2.36. The predicted octanol–water partition coefficient (Wildman–Crippen LogP) is 3.94. The SMILES string of the molecule is Cc1noc(C)c1S(=O)(=O)Nc1ccc2c(c1)C(=O)N([C@@H](C)CO)C[C@H](C)[C@@H](CN(C)C(=O)NC(C)C)OCCCC[C@H](C)O2. The molecule has 2 aromatic rings. The van der Waals surface area contributed by atoms with Crippen LogP contribution in [0, 0.1) is 19.8 Å². The minimum atomic E-state index is -4.08. The van der Waals surface area contributed by atoms with E-state index in [1.54, 1.807) is 35.9 Å². The number of anilines is 1. The number of nitrogens with zero attached hydrogens (tertiary/aromatic N) is 3. The monoisotopic (exact) mass is 651 g/mol. The van der Waals surface area contributed by atoms with E-state index >= 15 is 0 Å². The average Bonchev–Trinajstić information content (AvgIpc) is 3.32. The fourth-order valence-corrected chi connectivity index (χ4v) is 6.60. The van der Waals surface area contributed by atoms with Gasteiger partial charge in [0.05, 0.1) is 30.4 Å². The molecule has 1 aliphatic heterocycles. The normalized spacial score (nSPS) is 21.0. The lowest BCUT2D eigenvalue weighted by molar-refractivity contribution is -0.0122. The Balaban J connectivity index is 2.00. The number of ether oxygens (including phenoxy) is 2. The van der Waals surface area contributed by atoms with Crippen molar-refractivity contribution in [3.8, 4) is 5.75 Å². The van der Waals surface area contributed by atoms with Crippen molar-refractivity contribution < 1.29 is 37.1 Å². The van der Waals surface area contributed by atoms with Gasteiger partial charge in [0.1, 0.15) is 11.4 Å². The molecule has 3 N–H and O–H groups in total. The maximum absolute atomic E-state index is 14.3. The number of hydrogen-bond donors (Lipinski definition) is 3. The van der Waals surface area contributed by atoms with Gasteiger partial charge in [-0.05, 0) is 79.0 Å². The molecule has 0 unspecified atom stereocenters. The Morgan fingerprint density at radius 3 is 2.53 bits per heavy atom. The molecule has 14 heteroatoms. The molecule has 4 atom stereocenters. The third-order valence-electron chi connectivity index (χ3n) is 7.75. The number of aromatic nitrogens is 1. The van der Waals surface area contributed by atoms with Gasteiger partial charge in [-0.2, -0.15) is 0 Å². The number of benzene rings is 1. The first-order valence-corrected chi connectivity index (χ1v) is 16.9. The number of carbonyl (C=O) groups is 2. The quantitative estimate of drug-likeness (QED) is 0.384. The third-order valence-corrected chi connectivity index (χ3v) is 9.38. The van der Waals surface area contributed by atoms with E-state index in [0.29, 0.717) is 25.3 Å². The minimum Gasteiger partial charge on any atom is -0.490 e. The molecule has 1 aromatic heterocycles. The summed E-state index contributed by atoms with van der Waals surface area (Å²) in [5.41, 5.74) is 0.520. The molecule has 3 amide bonds. The second-order valence-electron chi connectivity index (χ2n) is 12.3. The number of aliphatic hydroxyl groups excluding tert-OH is 1. The number of amides is 3. The van der Waals surface area contributed by atoms with Crippen LogP contribution in [0.5, 0.6) is 5.75 Å². The van der Waals surface area contributed by atoms with Crippen molar-refractivity contribution in [3.05, 3.63) is 35.2 Å². The van der Waals surface area contributed by atoms with Crippen molar-refractivity contribution in [3.63, 3.8) is 0 Å². The van der Waals surface area contributed by atoms with E-state index in [0.717, 1.165) is 12.8 Å². The van der Waals surface area contributed by atoms with Crippen LogP contribution in [-0.4, -0.2) is 98.1 Å². The highest BCUT2D eigenvalue weighted by Crippen LogP contribution is 2.30. The van der Waals surface area contributed by atoms with Crippen molar-refractivity contribution in [2.24, 2.45) is 5.92 Å². The molecule has 1 aliphatic rings. The zero-order valence-electron chi connectivity index (χ0n) is 27.6. The third kappa shape index (κ3) is 9.57. The summed E-state index contributed by atoms with van der Waals surface area (Å²) in [5, 5.41) is 16.8. The van der Waals surface area contributed by atoms with E-state index in [-0.39, 0.29) is 64.8 Å². The lowest BCUT2D eigenvalue weighted by Crippen LogP contribution is -2.49. The van der Waals surface area contributed by atoms with Crippen LogP contribution >= 0.6 is 0 Å². The molecule has 252 valence electrons. The van der Waals surface area contributed by atoms with Crippen molar-refractivity contribution in [1.82, 2.24) is 20.3 Å². The van der Waals surface area contributed by atoms with Crippen LogP contribution < -0.4 is 14.8 Å². The fraction of sp³-hybridized carbons (Fsp3) is 0.645. The Hall–Kier alpha value is -3.36. The standard InChI is InChI=1S/C31H49N5O8S/c1-19(2)32-31(39)35(8)17-28-20(3)16-36(21(4)18-37)30(38)26-15-25(34-45(40,41)29-23(6)33-44-24(29)7)12-13-27(26)43-22(5)11-9-10-14-42-28/h12-13,15,19-22,28,34,37H,9-11,14,16-18H2,1-8H3,(H,32,39)/t20-,21-,22-,28+/m0/s1. The van der Waals surface area contributed by atoms with Crippen LogP contribution in [0.3, 0.4) is 0 Å². The number of rotatable bonds is 8. The molecule has 0 fully saturated rings. The average molecular weight is 652 g/mol. The number of hydrogen-bond acceptors (Lipinski definition) is 9. The number of fused-ring (bicyclic) bond motifs is 1. The largest absolute Gasteiger partial charge is 0.490 e. The number of aryl methyl sites for hydroxylation is 2. The topological polar surface area (TPSA) is 164 Å². The molecule has 0 radical (unpaired) electrons. The van der Waals surface area contributed by atoms with Crippen LogP contribution in [0.25, 0.3) is 0 Å². The van der Waals surface area contributed by atoms with E-state index in [2.05, 4.69) is 15.2 Å². The Bertz CT molecular complexity index is 1390. The van der Waals surface area contributed by atoms with Crippen molar-refractivity contribution in [2.45, 2.75) is 96.9 Å². The van der Waals surface area contributed by atoms with E-state index in [1.807, 2.05) is 27.7 Å². The first-order chi connectivity index (χ1) is 21.1. The van der Waals surface area contributed by atoms with Crippen molar-refractivity contribution >= 4 is 27.6 Å². The summed E-state index contributed by atoms with van der Waals surface area (Å²) >= 11 is 0. The van der Waals surface area contributed by atoms with E-state index < -0.39 is 28.1 Å². The molecule has 2 heterocycles. The van der Waals surface area contributed by atoms with Gasteiger partial charge in [-0.1, -0.05) is 12.1 Å². The highest BCUT2D eigenvalue weighted by atomic mass is 32.2. The summed E-state index contributed by atoms with van der Waals surface area (Å²) < 4.78 is 46.6. The molecule has 45 heavy (non-hydrogen) atoms. The molecule has 0 saturated carbocycles. The first kappa shape index (κ1) is 36.1. The van der Waals surface area contributed by atoms with Gasteiger partial charge in [-0.3, -0.25) is 9.52 Å². The number of aliphatic hydroxyl groups is 1. The zero-order chi connectivity index (χ0) is 33.5. The van der Waals surface area contributed by atoms with Gasteiger partial charge in [0.2, 0.25) is 0 Å². The highest BCUT2D eigenvalue weighted by Gasteiger charge is 2.32. The van der Waals surface area contributed by atoms with Crippen LogP contribution in [-0.2, 0) is 14.8 Å². The summed E-state index contributed by atoms with van der Waals surface area (Å²) in [6.45, 7) is 13.1. The van der Waals surface area contributed by atoms with Gasteiger partial charge >= 0.3 is 6.03 Å². The van der Waals surface area contributed by atoms with Gasteiger partial charge in [0, 0.05) is 44.4 Å². The number of likely N-dealkylation sites (N-methyl/N-ethyl adjacent to an activating group) is 1. The Labute approximate surface area is 266 Å². The molecule has 0 bridgehead atoms. The van der Waals surface area contributed by atoms with Crippen LogP contribution in [0.15, 0.2) is 27.6 Å². The Morgan fingerprint density at radius 2 is 1.91 bits per heavy atom. The van der Waals surface area contributed by atoms with Gasteiger partial charge in [0.25, 0.3) is 15.9 Å². The van der Waals surface area contributed by atoms with Crippen molar-refractivity contribution in [2.75, 3.05) is 38.1 Å². The molecule has 1 aromatic carbocycles. The van der Waals surface area contributed by atoms with Gasteiger partial charge in [-0.25, -0.2) is 13.2 Å². The van der Waals surface area contributed by atoms with Gasteiger partial charge < -0.3 is 34.2 Å². The molecule has 3 rings (SSSR count). The lowest BCUT2D eigenvalue weighted by atomic mass is 10.0. The molecule has 0 spiro atoms. The maximum Gasteiger partial charge on any atom is 0.317 e. The Morgan fingerprint density at radius 1 is 1.20 bits per heavy atom. The van der Waals surface area contributed by atoms with E-state index in [4.69, 9.17) is 14.0 Å². The molecule has 0 aliphatic carbocycles. The number of sulfonamides is 1. The van der Waals surface area contributed by atoms with Crippen LogP contribution in [0.4, 0.5) is 10.5 Å². The molecule has 13 nitrogen and oxygen atoms in total. The van der Waals surface area contributed by atoms with Crippen LogP contribution in [0.2, 0.25) is 0 Å². The second kappa shape index (κ2) is 15.8. The van der Waals surface area contributed by atoms with E-state index in [1.165, 1.54) is 19.9 Å². The van der Waals surface area contributed by atoms with Crippen molar-refractivity contribution in [1.29, 1.82) is 0 Å². The predicted molar refractivity (Wildman–Crippen MR) is 170 cm³/mol. The molecular weight excluding hydrogens is 602 g/mol. The summed E-state index contributed by atoms with van der Waals surface area (Å²) in [6, 6.07) is 3.75. The smallest absolute Gasteiger partial charge is 0.317 e. The van der Waals surface area contributed by atoms with E-state index in [9.17, 15) is 23.1 Å². The maximum atomic E-state index is 14.3. The fourth-order valence-electron chi connectivity index (χ4n) is 5.22. The zero-order valence-corrected chi connectivity index (χ0v) is 28.4. The Kier molecular flexibility index (Phi) is 12.7. The highest BCUT2D eigenvalue weighted by molar-refractivity contribution is 7.92. The number of carbonyl (C=O) groups excluding carboxylic acids is 2. The molecule has 0 saturated heterocycles. The number of nitrogens with one attached hydrogen (secondary N) is 2. The van der Waals surface area contributed by atoms with Gasteiger partial charge in [0.15, 0.2) is 10.7 Å². The minimum absolute atomic E-state index is 0.0242. The summed E-state index contributed by atoms with van der Waals surface area (Å²) in [4.78, 5) is 30.0. The summed E-state index contributed by atoms with van der Waals surface area (Å²) in [5.74, 6) is -0.214. The summed E-state index contributed by atoms with van der Waals surface area (Å²) in [6.07, 6.45) is 1.67.